The van der Waals surface area contributed by atoms with Crippen molar-refractivity contribution in [3.8, 4) is 0 Å². The summed E-state index contributed by atoms with van der Waals surface area (Å²) in [6.45, 7) is 2.35. The molecule has 0 saturated heterocycles. The number of anilines is 1. The van der Waals surface area contributed by atoms with Crippen molar-refractivity contribution in [2.45, 2.75) is 13.0 Å². The average Bonchev–Trinajstić information content (AvgIpc) is 2.56. The molecule has 1 aromatic carbocycles. The molecule has 0 aliphatic carbocycles. The van der Waals surface area contributed by atoms with Crippen LogP contribution in [-0.4, -0.2) is 19.5 Å². The van der Waals surface area contributed by atoms with Gasteiger partial charge in [0.1, 0.15) is 0 Å². The molecule has 2 rings (SSSR count). The van der Waals surface area contributed by atoms with Gasteiger partial charge in [0.25, 0.3) is 0 Å². The minimum Gasteiger partial charge on any atom is -0.311 e. The Morgan fingerprint density at radius 1 is 1.50 bits per heavy atom. The third kappa shape index (κ3) is 1.30. The van der Waals surface area contributed by atoms with E-state index in [1.807, 2.05) is 30.1 Å². The number of fused-ring (bicyclic) bond motifs is 1. The van der Waals surface area contributed by atoms with Crippen LogP contribution in [0.15, 0.2) is 24.3 Å². The van der Waals surface area contributed by atoms with Gasteiger partial charge in [0.2, 0.25) is 5.91 Å². The van der Waals surface area contributed by atoms with Crippen molar-refractivity contribution in [3.63, 3.8) is 0 Å². The molecule has 0 spiro atoms. The summed E-state index contributed by atoms with van der Waals surface area (Å²) in [6, 6.07) is 8.31. The van der Waals surface area contributed by atoms with Crippen molar-refractivity contribution in [1.82, 2.24) is 5.32 Å². The number of amides is 1. The number of nitrogens with zero attached hydrogens (tertiary/aromatic N) is 1. The Labute approximate surface area is 83.7 Å². The number of likely N-dealkylation sites (N-methyl/N-ethyl adjacent to an activating group) is 1. The SMILES string of the molecule is CNC1CN(C(C)=O)c2ccccc21. The molecule has 3 heteroatoms. The maximum atomic E-state index is 11.4. The zero-order chi connectivity index (χ0) is 10.1. The normalized spacial score (nSPS) is 19.6. The van der Waals surface area contributed by atoms with Crippen molar-refractivity contribution in [2.75, 3.05) is 18.5 Å². The summed E-state index contributed by atoms with van der Waals surface area (Å²) in [4.78, 5) is 13.2. The van der Waals surface area contributed by atoms with Gasteiger partial charge in [0.15, 0.2) is 0 Å². The summed E-state index contributed by atoms with van der Waals surface area (Å²) in [7, 11) is 1.92. The maximum absolute atomic E-state index is 11.4. The highest BCUT2D eigenvalue weighted by Crippen LogP contribution is 2.33. The lowest BCUT2D eigenvalue weighted by Gasteiger charge is -2.14. The van der Waals surface area contributed by atoms with Crippen LogP contribution in [0.2, 0.25) is 0 Å². The van der Waals surface area contributed by atoms with Crippen molar-refractivity contribution < 1.29 is 4.79 Å². The molecule has 1 amide bonds. The fourth-order valence-electron chi connectivity index (χ4n) is 1.95. The van der Waals surface area contributed by atoms with Crippen LogP contribution < -0.4 is 10.2 Å². The fourth-order valence-corrected chi connectivity index (χ4v) is 1.95. The van der Waals surface area contributed by atoms with Crippen LogP contribution >= 0.6 is 0 Å². The van der Waals surface area contributed by atoms with E-state index in [0.29, 0.717) is 0 Å². The summed E-state index contributed by atoms with van der Waals surface area (Å²) >= 11 is 0. The molecule has 1 N–H and O–H groups in total. The van der Waals surface area contributed by atoms with Crippen LogP contribution in [-0.2, 0) is 4.79 Å². The molecule has 1 heterocycles. The number of carbonyl (C=O) groups excluding carboxylic acids is 1. The summed E-state index contributed by atoms with van der Waals surface area (Å²) in [5, 5.41) is 3.21. The first-order chi connectivity index (χ1) is 6.74. The molecule has 0 aromatic heterocycles. The van der Waals surface area contributed by atoms with Gasteiger partial charge in [-0.05, 0) is 18.7 Å². The molecule has 1 unspecified atom stereocenters. The smallest absolute Gasteiger partial charge is 0.223 e. The lowest BCUT2D eigenvalue weighted by atomic mass is 10.1. The van der Waals surface area contributed by atoms with E-state index in [0.717, 1.165) is 12.2 Å². The fraction of sp³-hybridized carbons (Fsp3) is 0.364. The van der Waals surface area contributed by atoms with Crippen LogP contribution in [0.3, 0.4) is 0 Å². The Balaban J connectivity index is 2.43. The Morgan fingerprint density at radius 2 is 2.21 bits per heavy atom. The minimum absolute atomic E-state index is 0.107. The van der Waals surface area contributed by atoms with Crippen LogP contribution in [0.25, 0.3) is 0 Å². The van der Waals surface area contributed by atoms with Crippen LogP contribution in [0.1, 0.15) is 18.5 Å². The van der Waals surface area contributed by atoms with E-state index in [-0.39, 0.29) is 11.9 Å². The number of carbonyl (C=O) groups is 1. The molecule has 1 aliphatic heterocycles. The van der Waals surface area contributed by atoms with Crippen molar-refractivity contribution in [2.24, 2.45) is 0 Å². The lowest BCUT2D eigenvalue weighted by molar-refractivity contribution is -0.116. The van der Waals surface area contributed by atoms with E-state index >= 15 is 0 Å². The zero-order valence-electron chi connectivity index (χ0n) is 8.45. The molecule has 0 fully saturated rings. The second kappa shape index (κ2) is 3.42. The van der Waals surface area contributed by atoms with E-state index in [9.17, 15) is 4.79 Å². The monoisotopic (exact) mass is 190 g/mol. The summed E-state index contributed by atoms with van der Waals surface area (Å²) in [6.07, 6.45) is 0. The van der Waals surface area contributed by atoms with Gasteiger partial charge < -0.3 is 10.2 Å². The predicted molar refractivity (Wildman–Crippen MR) is 56.3 cm³/mol. The molecule has 0 bridgehead atoms. The van der Waals surface area contributed by atoms with Crippen molar-refractivity contribution in [3.05, 3.63) is 29.8 Å². The molecule has 1 atom stereocenters. The Kier molecular flexibility index (Phi) is 2.25. The van der Waals surface area contributed by atoms with Crippen LogP contribution in [0.5, 0.6) is 0 Å². The highest BCUT2D eigenvalue weighted by Gasteiger charge is 2.28. The molecule has 3 nitrogen and oxygen atoms in total. The number of nitrogens with one attached hydrogen (secondary N) is 1. The van der Waals surface area contributed by atoms with Gasteiger partial charge >= 0.3 is 0 Å². The number of hydrogen-bond donors (Lipinski definition) is 1. The first-order valence-corrected chi connectivity index (χ1v) is 4.78. The third-order valence-corrected chi connectivity index (χ3v) is 2.70. The number of para-hydroxylation sites is 1. The van der Waals surface area contributed by atoms with E-state index in [4.69, 9.17) is 0 Å². The number of benzene rings is 1. The van der Waals surface area contributed by atoms with Gasteiger partial charge in [-0.25, -0.2) is 0 Å². The van der Waals surface area contributed by atoms with Gasteiger partial charge in [0, 0.05) is 19.2 Å². The summed E-state index contributed by atoms with van der Waals surface area (Å²) in [5.74, 6) is 0.107. The molecule has 0 radical (unpaired) electrons. The Morgan fingerprint density at radius 3 is 2.86 bits per heavy atom. The van der Waals surface area contributed by atoms with Gasteiger partial charge in [-0.15, -0.1) is 0 Å². The van der Waals surface area contributed by atoms with E-state index in [1.54, 1.807) is 6.92 Å². The molecule has 74 valence electrons. The van der Waals surface area contributed by atoms with Gasteiger partial charge in [-0.2, -0.15) is 0 Å². The third-order valence-electron chi connectivity index (χ3n) is 2.70. The molecule has 14 heavy (non-hydrogen) atoms. The highest BCUT2D eigenvalue weighted by atomic mass is 16.2. The molecular weight excluding hydrogens is 176 g/mol. The first-order valence-electron chi connectivity index (χ1n) is 4.78. The second-order valence-corrected chi connectivity index (χ2v) is 3.53. The zero-order valence-corrected chi connectivity index (χ0v) is 8.45. The van der Waals surface area contributed by atoms with Crippen LogP contribution in [0, 0.1) is 0 Å². The first kappa shape index (κ1) is 9.21. The van der Waals surface area contributed by atoms with Crippen molar-refractivity contribution >= 4 is 11.6 Å². The average molecular weight is 190 g/mol. The van der Waals surface area contributed by atoms with Crippen molar-refractivity contribution in [1.29, 1.82) is 0 Å². The van der Waals surface area contributed by atoms with E-state index in [1.165, 1.54) is 5.56 Å². The van der Waals surface area contributed by atoms with E-state index < -0.39 is 0 Å². The number of hydrogen-bond acceptors (Lipinski definition) is 2. The largest absolute Gasteiger partial charge is 0.311 e. The maximum Gasteiger partial charge on any atom is 0.223 e. The summed E-state index contributed by atoms with van der Waals surface area (Å²) in [5.41, 5.74) is 2.25. The lowest BCUT2D eigenvalue weighted by Crippen LogP contribution is -2.30. The topological polar surface area (TPSA) is 32.3 Å². The molecule has 0 saturated carbocycles. The molecule has 1 aromatic rings. The standard InChI is InChI=1S/C11H14N2O/c1-8(14)13-7-10(12-2)9-5-3-4-6-11(9)13/h3-6,10,12H,7H2,1-2H3. The Bertz CT molecular complexity index is 362. The van der Waals surface area contributed by atoms with Gasteiger partial charge in [0.05, 0.1) is 6.04 Å². The predicted octanol–water partition coefficient (Wildman–Crippen LogP) is 1.31. The summed E-state index contributed by atoms with van der Waals surface area (Å²) < 4.78 is 0. The van der Waals surface area contributed by atoms with E-state index in [2.05, 4.69) is 11.4 Å². The minimum atomic E-state index is 0.107. The van der Waals surface area contributed by atoms with Crippen LogP contribution in [0.4, 0.5) is 5.69 Å². The van der Waals surface area contributed by atoms with Gasteiger partial charge in [-0.1, -0.05) is 18.2 Å². The molecule has 1 aliphatic rings. The Hall–Kier alpha value is -1.35. The molecular formula is C11H14N2O. The number of rotatable bonds is 1. The van der Waals surface area contributed by atoms with Gasteiger partial charge in [-0.3, -0.25) is 4.79 Å². The highest BCUT2D eigenvalue weighted by molar-refractivity contribution is 5.94. The second-order valence-electron chi connectivity index (χ2n) is 3.53. The quantitative estimate of drug-likeness (QED) is 0.724.